The Hall–Kier alpha value is -3.12. The third-order valence-electron chi connectivity index (χ3n) is 3.72. The minimum absolute atomic E-state index is 0.545. The Kier molecular flexibility index (Phi) is 4.07. The van der Waals surface area contributed by atoms with E-state index < -0.39 is 0 Å². The van der Waals surface area contributed by atoms with Gasteiger partial charge in [-0.1, -0.05) is 48.5 Å². The van der Waals surface area contributed by atoms with Crippen LogP contribution in [0.2, 0.25) is 0 Å². The zero-order valence-electron chi connectivity index (χ0n) is 13.1. The average molecular weight is 300 g/mol. The van der Waals surface area contributed by atoms with Crippen molar-refractivity contribution in [2.75, 3.05) is 7.11 Å². The molecule has 3 heteroatoms. The van der Waals surface area contributed by atoms with Crippen LogP contribution in [0.1, 0.15) is 11.1 Å². The smallest absolute Gasteiger partial charge is 0.216 e. The number of hydrogen-bond donors (Lipinski definition) is 0. The number of hydrogen-bond acceptors (Lipinski definition) is 3. The van der Waals surface area contributed by atoms with E-state index in [4.69, 9.17) is 4.74 Å². The van der Waals surface area contributed by atoms with Gasteiger partial charge in [-0.2, -0.15) is 5.26 Å². The molecule has 0 amide bonds. The Morgan fingerprint density at radius 1 is 0.913 bits per heavy atom. The van der Waals surface area contributed by atoms with Crippen molar-refractivity contribution < 1.29 is 4.74 Å². The normalized spacial score (nSPS) is 10.1. The van der Waals surface area contributed by atoms with Gasteiger partial charge in [-0.05, 0) is 30.2 Å². The number of ether oxygens (including phenoxy) is 1. The fourth-order valence-corrected chi connectivity index (χ4v) is 2.59. The Labute approximate surface area is 135 Å². The molecule has 0 N–H and O–H groups in total. The van der Waals surface area contributed by atoms with Crippen LogP contribution in [0.3, 0.4) is 0 Å². The third-order valence-corrected chi connectivity index (χ3v) is 3.72. The maximum atomic E-state index is 9.42. The SMILES string of the molecule is COc1nc(-c2cccc(-c3ccccc3)c2)c(C#N)cc1C. The fraction of sp³-hybridized carbons (Fsp3) is 0.100. The van der Waals surface area contributed by atoms with Gasteiger partial charge in [0.25, 0.3) is 0 Å². The van der Waals surface area contributed by atoms with Gasteiger partial charge >= 0.3 is 0 Å². The summed E-state index contributed by atoms with van der Waals surface area (Å²) >= 11 is 0. The van der Waals surface area contributed by atoms with Gasteiger partial charge in [0.1, 0.15) is 6.07 Å². The summed E-state index contributed by atoms with van der Waals surface area (Å²) < 4.78 is 5.30. The quantitative estimate of drug-likeness (QED) is 0.710. The molecular weight excluding hydrogens is 284 g/mol. The molecule has 0 fully saturated rings. The highest BCUT2D eigenvalue weighted by molar-refractivity contribution is 5.74. The molecule has 23 heavy (non-hydrogen) atoms. The van der Waals surface area contributed by atoms with E-state index in [9.17, 15) is 5.26 Å². The number of nitriles is 1. The van der Waals surface area contributed by atoms with Gasteiger partial charge in [-0.3, -0.25) is 0 Å². The zero-order valence-corrected chi connectivity index (χ0v) is 13.1. The molecule has 0 spiro atoms. The van der Waals surface area contributed by atoms with Crippen LogP contribution in [0.5, 0.6) is 5.88 Å². The van der Waals surface area contributed by atoms with Crippen LogP contribution in [0.4, 0.5) is 0 Å². The van der Waals surface area contributed by atoms with E-state index in [1.165, 1.54) is 0 Å². The first-order valence-electron chi connectivity index (χ1n) is 7.34. The first-order valence-corrected chi connectivity index (χ1v) is 7.34. The lowest BCUT2D eigenvalue weighted by atomic mass is 9.99. The van der Waals surface area contributed by atoms with Gasteiger partial charge in [0, 0.05) is 11.1 Å². The molecule has 1 aromatic heterocycles. The predicted octanol–water partition coefficient (Wildman–Crippen LogP) is 4.60. The van der Waals surface area contributed by atoms with Crippen LogP contribution >= 0.6 is 0 Å². The molecule has 2 aromatic carbocycles. The van der Waals surface area contributed by atoms with E-state index in [0.29, 0.717) is 17.1 Å². The number of benzene rings is 2. The topological polar surface area (TPSA) is 45.9 Å². The van der Waals surface area contributed by atoms with Gasteiger partial charge in [0.15, 0.2) is 0 Å². The van der Waals surface area contributed by atoms with E-state index in [1.54, 1.807) is 7.11 Å². The highest BCUT2D eigenvalue weighted by atomic mass is 16.5. The van der Waals surface area contributed by atoms with Crippen molar-refractivity contribution in [1.82, 2.24) is 4.98 Å². The number of nitrogens with zero attached hydrogens (tertiary/aromatic N) is 2. The highest BCUT2D eigenvalue weighted by Gasteiger charge is 2.12. The largest absolute Gasteiger partial charge is 0.481 e. The monoisotopic (exact) mass is 300 g/mol. The first kappa shape index (κ1) is 14.8. The molecule has 0 atom stereocenters. The third kappa shape index (κ3) is 2.93. The van der Waals surface area contributed by atoms with Crippen LogP contribution in [-0.4, -0.2) is 12.1 Å². The van der Waals surface area contributed by atoms with E-state index in [1.807, 2.05) is 49.4 Å². The summed E-state index contributed by atoms with van der Waals surface area (Å²) in [5, 5.41) is 9.42. The lowest BCUT2D eigenvalue weighted by Gasteiger charge is -2.10. The molecule has 0 bridgehead atoms. The van der Waals surface area contributed by atoms with Crippen molar-refractivity contribution >= 4 is 0 Å². The maximum Gasteiger partial charge on any atom is 0.216 e. The maximum absolute atomic E-state index is 9.42. The van der Waals surface area contributed by atoms with Crippen LogP contribution in [0.25, 0.3) is 22.4 Å². The van der Waals surface area contributed by atoms with Crippen LogP contribution < -0.4 is 4.74 Å². The molecule has 1 heterocycles. The second-order valence-electron chi connectivity index (χ2n) is 5.27. The molecule has 0 saturated heterocycles. The number of pyridine rings is 1. The molecule has 0 radical (unpaired) electrons. The Morgan fingerprint density at radius 3 is 2.30 bits per heavy atom. The van der Waals surface area contributed by atoms with E-state index >= 15 is 0 Å². The summed E-state index contributed by atoms with van der Waals surface area (Å²) in [6, 6.07) is 22.2. The van der Waals surface area contributed by atoms with E-state index in [0.717, 1.165) is 22.3 Å². The van der Waals surface area contributed by atoms with Crippen molar-refractivity contribution in [2.45, 2.75) is 6.92 Å². The first-order chi connectivity index (χ1) is 11.2. The molecular formula is C20H16N2O. The highest BCUT2D eigenvalue weighted by Crippen LogP contribution is 2.30. The summed E-state index contributed by atoms with van der Waals surface area (Å²) in [6.45, 7) is 1.89. The average Bonchev–Trinajstić information content (AvgIpc) is 2.62. The van der Waals surface area contributed by atoms with Gasteiger partial charge in [-0.25, -0.2) is 4.98 Å². The Bertz CT molecular complexity index is 880. The minimum Gasteiger partial charge on any atom is -0.481 e. The fourth-order valence-electron chi connectivity index (χ4n) is 2.59. The Morgan fingerprint density at radius 2 is 1.61 bits per heavy atom. The summed E-state index contributed by atoms with van der Waals surface area (Å²) in [6.07, 6.45) is 0. The molecule has 3 aromatic rings. The van der Waals surface area contributed by atoms with Gasteiger partial charge in [0.2, 0.25) is 5.88 Å². The second kappa shape index (κ2) is 6.33. The molecule has 112 valence electrons. The van der Waals surface area contributed by atoms with Crippen LogP contribution in [0, 0.1) is 18.3 Å². The summed E-state index contributed by atoms with van der Waals surface area (Å²) in [7, 11) is 1.59. The second-order valence-corrected chi connectivity index (χ2v) is 5.27. The van der Waals surface area contributed by atoms with Crippen molar-refractivity contribution in [1.29, 1.82) is 5.26 Å². The molecule has 0 saturated carbocycles. The van der Waals surface area contributed by atoms with Crippen molar-refractivity contribution in [3.05, 3.63) is 71.8 Å². The molecule has 3 nitrogen and oxygen atoms in total. The molecule has 0 unspecified atom stereocenters. The molecule has 0 aliphatic carbocycles. The lowest BCUT2D eigenvalue weighted by molar-refractivity contribution is 0.395. The zero-order chi connectivity index (χ0) is 16.2. The number of rotatable bonds is 3. The van der Waals surface area contributed by atoms with Crippen molar-refractivity contribution in [3.63, 3.8) is 0 Å². The van der Waals surface area contributed by atoms with E-state index in [-0.39, 0.29) is 0 Å². The van der Waals surface area contributed by atoms with Crippen molar-refractivity contribution in [3.8, 4) is 34.3 Å². The minimum atomic E-state index is 0.545. The number of methoxy groups -OCH3 is 1. The van der Waals surface area contributed by atoms with Gasteiger partial charge in [-0.15, -0.1) is 0 Å². The lowest BCUT2D eigenvalue weighted by Crippen LogP contribution is -1.97. The van der Waals surface area contributed by atoms with E-state index in [2.05, 4.69) is 29.3 Å². The Balaban J connectivity index is 2.15. The number of aryl methyl sites for hydroxylation is 1. The van der Waals surface area contributed by atoms with Crippen LogP contribution in [-0.2, 0) is 0 Å². The van der Waals surface area contributed by atoms with Crippen molar-refractivity contribution in [2.24, 2.45) is 0 Å². The summed E-state index contributed by atoms with van der Waals surface area (Å²) in [5.41, 5.74) is 5.18. The predicted molar refractivity (Wildman–Crippen MR) is 91.1 cm³/mol. The standard InChI is InChI=1S/C20H16N2O/c1-14-11-18(13-21)19(22-20(14)23-2)17-10-6-9-16(12-17)15-7-4-3-5-8-15/h3-12H,1-2H3. The van der Waals surface area contributed by atoms with Gasteiger partial charge in [0.05, 0.1) is 18.4 Å². The summed E-state index contributed by atoms with van der Waals surface area (Å²) in [4.78, 5) is 4.52. The van der Waals surface area contributed by atoms with Crippen LogP contribution in [0.15, 0.2) is 60.7 Å². The summed E-state index contributed by atoms with van der Waals surface area (Å²) in [5.74, 6) is 0.545. The molecule has 0 aliphatic rings. The van der Waals surface area contributed by atoms with Gasteiger partial charge < -0.3 is 4.74 Å². The molecule has 3 rings (SSSR count). The molecule has 0 aliphatic heterocycles. The number of aromatic nitrogens is 1.